The van der Waals surface area contributed by atoms with Crippen molar-refractivity contribution in [2.75, 3.05) is 18.0 Å². The molecule has 2 heterocycles. The predicted octanol–water partition coefficient (Wildman–Crippen LogP) is 4.43. The van der Waals surface area contributed by atoms with E-state index < -0.39 is 0 Å². The molecule has 2 aromatic rings. The second kappa shape index (κ2) is 6.94. The van der Waals surface area contributed by atoms with Crippen LogP contribution in [0.2, 0.25) is 5.28 Å². The van der Waals surface area contributed by atoms with Crippen molar-refractivity contribution >= 4 is 45.2 Å². The molecule has 0 aliphatic carbocycles. The van der Waals surface area contributed by atoms with Crippen molar-refractivity contribution in [2.45, 2.75) is 29.3 Å². The van der Waals surface area contributed by atoms with E-state index in [9.17, 15) is 0 Å². The first kappa shape index (κ1) is 15.1. The standard InChI is InChI=1S/C14H14BrClN4S/c15-10-5-4-6-11(9-10)21-14-18-12(16)17-13(19-14)20-7-2-1-3-8-20/h4-6,9H,1-3,7-8H2. The molecular weight excluding hydrogens is 372 g/mol. The Balaban J connectivity index is 1.83. The number of nitrogens with zero attached hydrogens (tertiary/aromatic N) is 4. The van der Waals surface area contributed by atoms with Gasteiger partial charge in [0.15, 0.2) is 5.16 Å². The summed E-state index contributed by atoms with van der Waals surface area (Å²) in [5.41, 5.74) is 0. The average Bonchev–Trinajstić information content (AvgIpc) is 2.47. The fourth-order valence-corrected chi connectivity index (χ4v) is 3.80. The summed E-state index contributed by atoms with van der Waals surface area (Å²) in [6.45, 7) is 1.97. The molecule has 4 nitrogen and oxygen atoms in total. The van der Waals surface area contributed by atoms with Crippen LogP contribution in [-0.2, 0) is 0 Å². The second-order valence-electron chi connectivity index (χ2n) is 4.79. The highest BCUT2D eigenvalue weighted by Crippen LogP contribution is 2.29. The van der Waals surface area contributed by atoms with Gasteiger partial charge in [0.05, 0.1) is 0 Å². The molecule has 0 radical (unpaired) electrons. The molecule has 1 saturated heterocycles. The molecule has 21 heavy (non-hydrogen) atoms. The number of hydrogen-bond acceptors (Lipinski definition) is 5. The zero-order chi connectivity index (χ0) is 14.7. The highest BCUT2D eigenvalue weighted by atomic mass is 79.9. The molecule has 0 N–H and O–H groups in total. The van der Waals surface area contributed by atoms with E-state index in [1.807, 2.05) is 24.3 Å². The van der Waals surface area contributed by atoms with Crippen LogP contribution in [0.5, 0.6) is 0 Å². The fourth-order valence-electron chi connectivity index (χ4n) is 2.24. The first-order chi connectivity index (χ1) is 10.2. The van der Waals surface area contributed by atoms with Gasteiger partial charge in [0.2, 0.25) is 11.2 Å². The Kier molecular flexibility index (Phi) is 4.98. The first-order valence-corrected chi connectivity index (χ1v) is 8.79. The number of halogens is 2. The van der Waals surface area contributed by atoms with E-state index in [1.54, 1.807) is 0 Å². The summed E-state index contributed by atoms with van der Waals surface area (Å²) >= 11 is 11.0. The molecule has 0 amide bonds. The largest absolute Gasteiger partial charge is 0.341 e. The molecule has 0 spiro atoms. The average molecular weight is 386 g/mol. The Bertz CT molecular complexity index is 634. The van der Waals surface area contributed by atoms with Gasteiger partial charge in [-0.15, -0.1) is 0 Å². The zero-order valence-electron chi connectivity index (χ0n) is 11.3. The predicted molar refractivity (Wildman–Crippen MR) is 89.2 cm³/mol. The smallest absolute Gasteiger partial charge is 0.230 e. The molecule has 0 atom stereocenters. The minimum atomic E-state index is 0.253. The molecule has 7 heteroatoms. The van der Waals surface area contributed by atoms with Gasteiger partial charge < -0.3 is 4.90 Å². The lowest BCUT2D eigenvalue weighted by Gasteiger charge is -2.26. The number of hydrogen-bond donors (Lipinski definition) is 0. The Morgan fingerprint density at radius 2 is 1.90 bits per heavy atom. The van der Waals surface area contributed by atoms with Crippen LogP contribution < -0.4 is 4.90 Å². The molecule has 1 aliphatic heterocycles. The maximum absolute atomic E-state index is 6.06. The Morgan fingerprint density at radius 3 is 2.67 bits per heavy atom. The third-order valence-corrected chi connectivity index (χ3v) is 4.74. The second-order valence-corrected chi connectivity index (χ2v) is 7.09. The number of piperidine rings is 1. The number of anilines is 1. The number of aromatic nitrogens is 3. The van der Waals surface area contributed by atoms with Gasteiger partial charge in [0.25, 0.3) is 0 Å². The zero-order valence-corrected chi connectivity index (χ0v) is 14.5. The van der Waals surface area contributed by atoms with Crippen LogP contribution in [0, 0.1) is 0 Å². The summed E-state index contributed by atoms with van der Waals surface area (Å²) < 4.78 is 1.03. The molecule has 1 fully saturated rings. The van der Waals surface area contributed by atoms with Gasteiger partial charge in [-0.05, 0) is 60.8 Å². The molecule has 1 aromatic carbocycles. The molecular formula is C14H14BrClN4S. The van der Waals surface area contributed by atoms with Gasteiger partial charge >= 0.3 is 0 Å². The van der Waals surface area contributed by atoms with Crippen molar-refractivity contribution in [3.05, 3.63) is 34.0 Å². The molecule has 1 aromatic heterocycles. The van der Waals surface area contributed by atoms with E-state index in [0.717, 1.165) is 22.5 Å². The lowest BCUT2D eigenvalue weighted by molar-refractivity contribution is 0.564. The summed E-state index contributed by atoms with van der Waals surface area (Å²) in [7, 11) is 0. The number of rotatable bonds is 3. The van der Waals surface area contributed by atoms with Crippen LogP contribution in [0.15, 0.2) is 38.8 Å². The van der Waals surface area contributed by atoms with Crippen LogP contribution >= 0.6 is 39.3 Å². The molecule has 0 saturated carbocycles. The van der Waals surface area contributed by atoms with Crippen LogP contribution in [-0.4, -0.2) is 28.0 Å². The van der Waals surface area contributed by atoms with Gasteiger partial charge in [0.1, 0.15) is 0 Å². The fraction of sp³-hybridized carbons (Fsp3) is 0.357. The SMILES string of the molecule is Clc1nc(Sc2cccc(Br)c2)nc(N2CCCCC2)n1. The Labute approximate surface area is 141 Å². The van der Waals surface area contributed by atoms with Gasteiger partial charge in [-0.2, -0.15) is 15.0 Å². The van der Waals surface area contributed by atoms with Crippen molar-refractivity contribution < 1.29 is 0 Å². The first-order valence-electron chi connectivity index (χ1n) is 6.81. The number of benzene rings is 1. The summed E-state index contributed by atoms with van der Waals surface area (Å²) in [5.74, 6) is 0.687. The minimum Gasteiger partial charge on any atom is -0.341 e. The van der Waals surface area contributed by atoms with Crippen molar-refractivity contribution in [3.63, 3.8) is 0 Å². The monoisotopic (exact) mass is 384 g/mol. The van der Waals surface area contributed by atoms with Gasteiger partial charge in [0, 0.05) is 22.5 Å². The van der Waals surface area contributed by atoms with Crippen LogP contribution in [0.25, 0.3) is 0 Å². The van der Waals surface area contributed by atoms with E-state index >= 15 is 0 Å². The van der Waals surface area contributed by atoms with E-state index in [2.05, 4.69) is 35.8 Å². The lowest BCUT2D eigenvalue weighted by atomic mass is 10.1. The topological polar surface area (TPSA) is 41.9 Å². The quantitative estimate of drug-likeness (QED) is 0.782. The summed E-state index contributed by atoms with van der Waals surface area (Å²) in [6.07, 6.45) is 3.63. The highest BCUT2D eigenvalue weighted by Gasteiger charge is 2.16. The molecule has 3 rings (SSSR count). The van der Waals surface area contributed by atoms with Crippen molar-refractivity contribution in [1.29, 1.82) is 0 Å². The minimum absolute atomic E-state index is 0.253. The summed E-state index contributed by atoms with van der Waals surface area (Å²) in [5, 5.41) is 0.886. The van der Waals surface area contributed by atoms with Crippen LogP contribution in [0.4, 0.5) is 5.95 Å². The van der Waals surface area contributed by atoms with Crippen LogP contribution in [0.1, 0.15) is 19.3 Å². The van der Waals surface area contributed by atoms with Crippen molar-refractivity contribution in [3.8, 4) is 0 Å². The summed E-state index contributed by atoms with van der Waals surface area (Å²) in [4.78, 5) is 16.3. The summed E-state index contributed by atoms with van der Waals surface area (Å²) in [6, 6.07) is 8.03. The Hall–Kier alpha value is -0.850. The van der Waals surface area contributed by atoms with Crippen LogP contribution in [0.3, 0.4) is 0 Å². The molecule has 110 valence electrons. The van der Waals surface area contributed by atoms with Gasteiger partial charge in [-0.25, -0.2) is 0 Å². The third kappa shape index (κ3) is 4.08. The van der Waals surface area contributed by atoms with E-state index in [0.29, 0.717) is 11.1 Å². The Morgan fingerprint density at radius 1 is 1.10 bits per heavy atom. The molecule has 0 unspecified atom stereocenters. The molecule has 0 bridgehead atoms. The maximum Gasteiger partial charge on any atom is 0.230 e. The highest BCUT2D eigenvalue weighted by molar-refractivity contribution is 9.10. The molecule has 1 aliphatic rings. The van der Waals surface area contributed by atoms with E-state index in [4.69, 9.17) is 11.6 Å². The van der Waals surface area contributed by atoms with Crippen molar-refractivity contribution in [1.82, 2.24) is 15.0 Å². The maximum atomic E-state index is 6.06. The normalized spacial score (nSPS) is 15.2. The van der Waals surface area contributed by atoms with E-state index in [1.165, 1.54) is 31.0 Å². The van der Waals surface area contributed by atoms with E-state index in [-0.39, 0.29) is 5.28 Å². The van der Waals surface area contributed by atoms with Crippen molar-refractivity contribution in [2.24, 2.45) is 0 Å². The van der Waals surface area contributed by atoms with Gasteiger partial charge in [-0.1, -0.05) is 22.0 Å². The lowest BCUT2D eigenvalue weighted by Crippen LogP contribution is -2.31. The van der Waals surface area contributed by atoms with Gasteiger partial charge in [-0.3, -0.25) is 0 Å². The third-order valence-electron chi connectivity index (χ3n) is 3.22.